The fraction of sp³-hybridized carbons (Fsp3) is 0.389. The molecule has 0 saturated carbocycles. The molecule has 1 aromatic carbocycles. The van der Waals surface area contributed by atoms with Crippen LogP contribution in [0.1, 0.15) is 6.92 Å². The minimum absolute atomic E-state index is 0. The normalized spacial score (nSPS) is 16.3. The van der Waals surface area contributed by atoms with E-state index in [1.165, 1.54) is 24.3 Å². The monoisotopic (exact) mass is 430 g/mol. The predicted octanol–water partition coefficient (Wildman–Crippen LogP) is 2.74. The second kappa shape index (κ2) is 10.4. The number of non-ortho nitro benzene ring substituents is 1. The third-order valence-corrected chi connectivity index (χ3v) is 4.49. The molecule has 1 fully saturated rings. The maximum atomic E-state index is 10.8. The van der Waals surface area contributed by atoms with Crippen LogP contribution in [0, 0.1) is 10.1 Å². The summed E-state index contributed by atoms with van der Waals surface area (Å²) < 4.78 is 5.63. The maximum Gasteiger partial charge on any atom is 0.269 e. The molecule has 154 valence electrons. The number of nitro groups is 1. The Morgan fingerprint density at radius 3 is 2.32 bits per heavy atom. The Bertz CT molecular complexity index is 739. The van der Waals surface area contributed by atoms with Crippen LogP contribution in [0.2, 0.25) is 0 Å². The highest BCUT2D eigenvalue weighted by Crippen LogP contribution is 2.21. The summed E-state index contributed by atoms with van der Waals surface area (Å²) in [6, 6.07) is 11.7. The van der Waals surface area contributed by atoms with Gasteiger partial charge in [0.2, 0.25) is 0 Å². The van der Waals surface area contributed by atoms with Gasteiger partial charge in [0.15, 0.2) is 0 Å². The number of nitrogens with zero attached hydrogens (tertiary/aromatic N) is 4. The van der Waals surface area contributed by atoms with Crippen molar-refractivity contribution in [3.63, 3.8) is 0 Å². The molecule has 28 heavy (non-hydrogen) atoms. The first-order valence-corrected chi connectivity index (χ1v) is 8.46. The van der Waals surface area contributed by atoms with Gasteiger partial charge in [0.05, 0.1) is 4.92 Å². The average molecular weight is 431 g/mol. The number of rotatable bonds is 6. The smallest absolute Gasteiger partial charge is 0.269 e. The van der Waals surface area contributed by atoms with Crippen molar-refractivity contribution in [1.29, 1.82) is 0 Å². The summed E-state index contributed by atoms with van der Waals surface area (Å²) in [6.45, 7) is 4.71. The zero-order valence-electron chi connectivity index (χ0n) is 15.4. The first-order valence-electron chi connectivity index (χ1n) is 8.46. The van der Waals surface area contributed by atoms with Gasteiger partial charge < -0.3 is 14.7 Å². The van der Waals surface area contributed by atoms with Crippen LogP contribution in [-0.4, -0.2) is 58.4 Å². The fourth-order valence-corrected chi connectivity index (χ4v) is 2.93. The number of nitro benzene ring substituents is 1. The first kappa shape index (κ1) is 23.9. The van der Waals surface area contributed by atoms with Crippen molar-refractivity contribution in [3.8, 4) is 5.75 Å². The van der Waals surface area contributed by atoms with E-state index in [-0.39, 0.29) is 37.1 Å². The van der Waals surface area contributed by atoms with E-state index in [0.717, 1.165) is 18.9 Å². The Morgan fingerprint density at radius 2 is 1.79 bits per heavy atom. The molecule has 0 amide bonds. The molecule has 1 aliphatic rings. The van der Waals surface area contributed by atoms with Crippen LogP contribution in [0.4, 0.5) is 11.5 Å². The van der Waals surface area contributed by atoms with Crippen molar-refractivity contribution in [3.05, 3.63) is 58.8 Å². The highest BCUT2D eigenvalue weighted by molar-refractivity contribution is 5.85. The van der Waals surface area contributed by atoms with Crippen molar-refractivity contribution >= 4 is 36.3 Å². The van der Waals surface area contributed by atoms with Crippen LogP contribution in [-0.2, 0) is 0 Å². The Morgan fingerprint density at radius 1 is 1.14 bits per heavy atom. The molecule has 1 N–H and O–H groups in total. The standard InChI is InChI=1S/C18H22N4O4.2ClH/c1-18(23,14-26-16-7-5-15(6-8-16)22(24)25)21-12-10-20(11-13-21)17-4-2-3-9-19-17;;/h2-9,23H,10-14H2,1H3;2*1H/t18-;;/m0../s1. The molecule has 0 unspecified atom stereocenters. The summed E-state index contributed by atoms with van der Waals surface area (Å²) in [4.78, 5) is 18.7. The fourth-order valence-electron chi connectivity index (χ4n) is 2.93. The molecule has 1 aromatic heterocycles. The van der Waals surface area contributed by atoms with Crippen molar-refractivity contribution in [2.75, 3.05) is 37.7 Å². The topological polar surface area (TPSA) is 92.0 Å². The number of aliphatic hydroxyl groups is 1. The van der Waals surface area contributed by atoms with Crippen molar-refractivity contribution in [1.82, 2.24) is 9.88 Å². The van der Waals surface area contributed by atoms with E-state index in [1.807, 2.05) is 23.1 Å². The third-order valence-electron chi connectivity index (χ3n) is 4.49. The van der Waals surface area contributed by atoms with Crippen LogP contribution in [0.25, 0.3) is 0 Å². The largest absolute Gasteiger partial charge is 0.489 e. The first-order chi connectivity index (χ1) is 12.5. The number of halogens is 2. The highest BCUT2D eigenvalue weighted by Gasteiger charge is 2.33. The highest BCUT2D eigenvalue weighted by atomic mass is 35.5. The van der Waals surface area contributed by atoms with Gasteiger partial charge in [-0.15, -0.1) is 24.8 Å². The number of hydrogen-bond acceptors (Lipinski definition) is 7. The van der Waals surface area contributed by atoms with Gasteiger partial charge in [0.25, 0.3) is 5.69 Å². The molecule has 10 heteroatoms. The van der Waals surface area contributed by atoms with E-state index in [4.69, 9.17) is 4.74 Å². The number of hydrogen-bond donors (Lipinski definition) is 1. The van der Waals surface area contributed by atoms with Crippen molar-refractivity contribution < 1.29 is 14.8 Å². The molecule has 2 aromatic rings. The summed E-state index contributed by atoms with van der Waals surface area (Å²) >= 11 is 0. The Hall–Kier alpha value is -2.13. The lowest BCUT2D eigenvalue weighted by atomic mass is 10.2. The van der Waals surface area contributed by atoms with Crippen molar-refractivity contribution in [2.45, 2.75) is 12.6 Å². The summed E-state index contributed by atoms with van der Waals surface area (Å²) in [7, 11) is 0. The minimum Gasteiger partial charge on any atom is -0.489 e. The lowest BCUT2D eigenvalue weighted by molar-refractivity contribution is -0.384. The average Bonchev–Trinajstić information content (AvgIpc) is 2.67. The molecular weight excluding hydrogens is 407 g/mol. The van der Waals surface area contributed by atoms with Crippen LogP contribution < -0.4 is 9.64 Å². The van der Waals surface area contributed by atoms with E-state index in [9.17, 15) is 15.2 Å². The van der Waals surface area contributed by atoms with Gasteiger partial charge in [-0.1, -0.05) is 6.07 Å². The Labute approximate surface area is 176 Å². The van der Waals surface area contributed by atoms with Gasteiger partial charge in [-0.25, -0.2) is 4.98 Å². The number of piperazine rings is 1. The lowest BCUT2D eigenvalue weighted by Crippen LogP contribution is -2.58. The SMILES string of the molecule is C[C@](O)(COc1ccc([N+](=O)[O-])cc1)N1CCN(c2ccccn2)CC1.Cl.Cl. The molecule has 1 saturated heterocycles. The van der Waals surface area contributed by atoms with Gasteiger partial charge in [-0.2, -0.15) is 0 Å². The maximum absolute atomic E-state index is 10.8. The number of ether oxygens (including phenoxy) is 1. The molecule has 8 nitrogen and oxygen atoms in total. The molecule has 1 aliphatic heterocycles. The van der Waals surface area contributed by atoms with Crippen LogP contribution in [0.15, 0.2) is 48.7 Å². The molecule has 0 spiro atoms. The zero-order valence-corrected chi connectivity index (χ0v) is 17.1. The quantitative estimate of drug-likeness (QED) is 0.556. The molecule has 2 heterocycles. The van der Waals surface area contributed by atoms with Gasteiger partial charge >= 0.3 is 0 Å². The van der Waals surface area contributed by atoms with E-state index in [2.05, 4.69) is 9.88 Å². The summed E-state index contributed by atoms with van der Waals surface area (Å²) in [6.07, 6.45) is 1.77. The van der Waals surface area contributed by atoms with Gasteiger partial charge in [0, 0.05) is 44.5 Å². The van der Waals surface area contributed by atoms with E-state index >= 15 is 0 Å². The number of benzene rings is 1. The summed E-state index contributed by atoms with van der Waals surface area (Å²) in [5.74, 6) is 1.43. The molecule has 3 rings (SSSR count). The predicted molar refractivity (Wildman–Crippen MR) is 112 cm³/mol. The molecule has 1 atom stereocenters. The van der Waals surface area contributed by atoms with E-state index in [1.54, 1.807) is 13.1 Å². The lowest BCUT2D eigenvalue weighted by Gasteiger charge is -2.42. The molecule has 0 bridgehead atoms. The van der Waals surface area contributed by atoms with Crippen LogP contribution in [0.5, 0.6) is 5.75 Å². The van der Waals surface area contributed by atoms with E-state index in [0.29, 0.717) is 18.8 Å². The van der Waals surface area contributed by atoms with Gasteiger partial charge in [0.1, 0.15) is 23.9 Å². The second-order valence-electron chi connectivity index (χ2n) is 6.42. The number of aromatic nitrogens is 1. The zero-order chi connectivity index (χ0) is 18.6. The van der Waals surface area contributed by atoms with Crippen LogP contribution in [0.3, 0.4) is 0 Å². The van der Waals surface area contributed by atoms with Crippen LogP contribution >= 0.6 is 24.8 Å². The van der Waals surface area contributed by atoms with E-state index < -0.39 is 10.6 Å². The second-order valence-corrected chi connectivity index (χ2v) is 6.42. The van der Waals surface area contributed by atoms with Crippen molar-refractivity contribution in [2.24, 2.45) is 0 Å². The minimum atomic E-state index is -1.13. The molecular formula is C18H24Cl2N4O4. The third kappa shape index (κ3) is 5.93. The summed E-state index contributed by atoms with van der Waals surface area (Å²) in [5.41, 5.74) is -1.12. The number of pyridine rings is 1. The molecule has 0 radical (unpaired) electrons. The number of anilines is 1. The van der Waals surface area contributed by atoms with Gasteiger partial charge in [-0.3, -0.25) is 15.0 Å². The Kier molecular flexibility index (Phi) is 8.90. The van der Waals surface area contributed by atoms with Gasteiger partial charge in [-0.05, 0) is 31.2 Å². The molecule has 0 aliphatic carbocycles. The Balaban J connectivity index is 0.00000196. The summed E-state index contributed by atoms with van der Waals surface area (Å²) in [5, 5.41) is 21.4.